The van der Waals surface area contributed by atoms with Gasteiger partial charge >= 0.3 is 0 Å². The van der Waals surface area contributed by atoms with E-state index in [4.69, 9.17) is 12.2 Å². The van der Waals surface area contributed by atoms with Gasteiger partial charge in [-0.05, 0) is 37.7 Å². The number of hydrogen-bond acceptors (Lipinski definition) is 2. The lowest BCUT2D eigenvalue weighted by atomic mass is 9.96. The molecule has 16 heavy (non-hydrogen) atoms. The Balaban J connectivity index is 2.05. The highest BCUT2D eigenvalue weighted by atomic mass is 32.2. The largest absolute Gasteiger partial charge is 0.363 e. The number of nitrogens with one attached hydrogen (secondary N) is 2. The Kier molecular flexibility index (Phi) is 7.21. The number of thioether (sulfide) groups is 1. The Morgan fingerprint density at radius 1 is 1.38 bits per heavy atom. The smallest absolute Gasteiger partial charge is 0.166 e. The minimum Gasteiger partial charge on any atom is -0.363 e. The van der Waals surface area contributed by atoms with Crippen molar-refractivity contribution in [3.8, 4) is 0 Å². The molecule has 1 atom stereocenters. The van der Waals surface area contributed by atoms with E-state index in [0.717, 1.165) is 11.7 Å². The zero-order chi connectivity index (χ0) is 11.8. The first-order valence-electron chi connectivity index (χ1n) is 6.29. The molecular weight excluding hydrogens is 236 g/mol. The summed E-state index contributed by atoms with van der Waals surface area (Å²) in [5.74, 6) is 0. The summed E-state index contributed by atoms with van der Waals surface area (Å²) in [6, 6.07) is 0.617. The molecule has 0 aromatic rings. The molecule has 1 fully saturated rings. The molecule has 0 amide bonds. The topological polar surface area (TPSA) is 24.1 Å². The number of thiocarbonyl (C=S) groups is 1. The monoisotopic (exact) mass is 260 g/mol. The van der Waals surface area contributed by atoms with Gasteiger partial charge in [-0.2, -0.15) is 11.8 Å². The third-order valence-electron chi connectivity index (χ3n) is 3.18. The van der Waals surface area contributed by atoms with E-state index in [1.54, 1.807) is 0 Å². The molecule has 0 heterocycles. The van der Waals surface area contributed by atoms with Crippen LogP contribution in [0.5, 0.6) is 0 Å². The van der Waals surface area contributed by atoms with Crippen molar-refractivity contribution in [3.63, 3.8) is 0 Å². The van der Waals surface area contributed by atoms with Gasteiger partial charge in [0.1, 0.15) is 0 Å². The number of rotatable bonds is 5. The SMILES string of the molecule is CSC(C)CCNC(=S)NC1CCCCC1. The van der Waals surface area contributed by atoms with Gasteiger partial charge in [0, 0.05) is 17.8 Å². The first-order valence-corrected chi connectivity index (χ1v) is 7.99. The van der Waals surface area contributed by atoms with Crippen LogP contribution in [0.15, 0.2) is 0 Å². The lowest BCUT2D eigenvalue weighted by Crippen LogP contribution is -2.43. The zero-order valence-corrected chi connectivity index (χ0v) is 12.1. The molecule has 4 heteroatoms. The van der Waals surface area contributed by atoms with E-state index >= 15 is 0 Å². The number of hydrogen-bond donors (Lipinski definition) is 2. The molecule has 0 aliphatic heterocycles. The second-order valence-corrected chi connectivity index (χ2v) is 6.25. The van der Waals surface area contributed by atoms with Crippen LogP contribution in [0.25, 0.3) is 0 Å². The summed E-state index contributed by atoms with van der Waals surface area (Å²) in [5.41, 5.74) is 0. The molecule has 2 nitrogen and oxygen atoms in total. The summed E-state index contributed by atoms with van der Waals surface area (Å²) < 4.78 is 0. The van der Waals surface area contributed by atoms with E-state index in [9.17, 15) is 0 Å². The second-order valence-electron chi connectivity index (χ2n) is 4.57. The van der Waals surface area contributed by atoms with Crippen LogP contribution >= 0.6 is 24.0 Å². The van der Waals surface area contributed by atoms with Gasteiger partial charge in [-0.3, -0.25) is 0 Å². The fourth-order valence-corrected chi connectivity index (χ4v) is 2.61. The van der Waals surface area contributed by atoms with Gasteiger partial charge in [0.15, 0.2) is 5.11 Å². The second kappa shape index (κ2) is 8.18. The molecule has 0 bridgehead atoms. The Hall–Kier alpha value is 0.0400. The van der Waals surface area contributed by atoms with Gasteiger partial charge in [-0.25, -0.2) is 0 Å². The van der Waals surface area contributed by atoms with Crippen molar-refractivity contribution in [1.82, 2.24) is 10.6 Å². The summed E-state index contributed by atoms with van der Waals surface area (Å²) in [7, 11) is 0. The Bertz CT molecular complexity index is 203. The molecule has 0 aromatic carbocycles. The summed E-state index contributed by atoms with van der Waals surface area (Å²) in [5, 5.41) is 8.29. The van der Waals surface area contributed by atoms with E-state index < -0.39 is 0 Å². The molecule has 0 aromatic heterocycles. The Labute approximate surface area is 109 Å². The van der Waals surface area contributed by atoms with E-state index in [2.05, 4.69) is 23.8 Å². The first-order chi connectivity index (χ1) is 7.72. The summed E-state index contributed by atoms with van der Waals surface area (Å²) >= 11 is 7.20. The molecule has 0 radical (unpaired) electrons. The van der Waals surface area contributed by atoms with Gasteiger partial charge in [-0.1, -0.05) is 26.2 Å². The normalized spacial score (nSPS) is 19.1. The molecule has 1 rings (SSSR count). The third kappa shape index (κ3) is 5.94. The van der Waals surface area contributed by atoms with Crippen molar-refractivity contribution in [2.45, 2.75) is 56.7 Å². The summed E-state index contributed by atoms with van der Waals surface area (Å²) in [6.07, 6.45) is 9.99. The average molecular weight is 260 g/mol. The van der Waals surface area contributed by atoms with Crippen LogP contribution in [0.4, 0.5) is 0 Å². The van der Waals surface area contributed by atoms with Crippen molar-refractivity contribution >= 4 is 29.1 Å². The van der Waals surface area contributed by atoms with Crippen LogP contribution in [0, 0.1) is 0 Å². The average Bonchev–Trinajstić information content (AvgIpc) is 2.30. The highest BCUT2D eigenvalue weighted by Crippen LogP contribution is 2.17. The highest BCUT2D eigenvalue weighted by Gasteiger charge is 2.13. The van der Waals surface area contributed by atoms with Crippen molar-refractivity contribution in [3.05, 3.63) is 0 Å². The molecule has 1 aliphatic carbocycles. The fourth-order valence-electron chi connectivity index (χ4n) is 1.99. The van der Waals surface area contributed by atoms with Crippen LogP contribution in [-0.2, 0) is 0 Å². The minimum absolute atomic E-state index is 0.617. The standard InChI is InChI=1S/C12H24N2S2/c1-10(16-2)8-9-13-12(15)14-11-6-4-3-5-7-11/h10-11H,3-9H2,1-2H3,(H2,13,14,15). The quantitative estimate of drug-likeness (QED) is 0.742. The van der Waals surface area contributed by atoms with Gasteiger partial charge in [0.2, 0.25) is 0 Å². The molecular formula is C12H24N2S2. The van der Waals surface area contributed by atoms with E-state index in [1.807, 2.05) is 11.8 Å². The molecule has 0 saturated heterocycles. The van der Waals surface area contributed by atoms with Gasteiger partial charge in [0.05, 0.1) is 0 Å². The summed E-state index contributed by atoms with van der Waals surface area (Å²) in [6.45, 7) is 3.24. The molecule has 2 N–H and O–H groups in total. The fraction of sp³-hybridized carbons (Fsp3) is 0.917. The predicted octanol–water partition coefficient (Wildman–Crippen LogP) is 2.92. The third-order valence-corrected chi connectivity index (χ3v) is 4.48. The van der Waals surface area contributed by atoms with Crippen LogP contribution in [-0.4, -0.2) is 29.2 Å². The van der Waals surface area contributed by atoms with Crippen LogP contribution < -0.4 is 10.6 Å². The molecule has 0 spiro atoms. The lowest BCUT2D eigenvalue weighted by Gasteiger charge is -2.24. The molecule has 94 valence electrons. The highest BCUT2D eigenvalue weighted by molar-refractivity contribution is 7.99. The van der Waals surface area contributed by atoms with Crippen LogP contribution in [0.3, 0.4) is 0 Å². The van der Waals surface area contributed by atoms with Gasteiger partial charge in [0.25, 0.3) is 0 Å². The van der Waals surface area contributed by atoms with Gasteiger partial charge in [-0.15, -0.1) is 0 Å². The van der Waals surface area contributed by atoms with Crippen molar-refractivity contribution in [2.75, 3.05) is 12.8 Å². The van der Waals surface area contributed by atoms with Crippen LogP contribution in [0.2, 0.25) is 0 Å². The summed E-state index contributed by atoms with van der Waals surface area (Å²) in [4.78, 5) is 0. The molecule has 1 unspecified atom stereocenters. The first kappa shape index (κ1) is 14.1. The maximum Gasteiger partial charge on any atom is 0.166 e. The molecule has 1 saturated carbocycles. The Morgan fingerprint density at radius 2 is 2.06 bits per heavy atom. The van der Waals surface area contributed by atoms with E-state index in [-0.39, 0.29) is 0 Å². The van der Waals surface area contributed by atoms with E-state index in [1.165, 1.54) is 38.5 Å². The van der Waals surface area contributed by atoms with E-state index in [0.29, 0.717) is 11.3 Å². The maximum absolute atomic E-state index is 5.29. The van der Waals surface area contributed by atoms with Crippen molar-refractivity contribution in [1.29, 1.82) is 0 Å². The van der Waals surface area contributed by atoms with Crippen LogP contribution in [0.1, 0.15) is 45.4 Å². The lowest BCUT2D eigenvalue weighted by molar-refractivity contribution is 0.412. The van der Waals surface area contributed by atoms with Gasteiger partial charge < -0.3 is 10.6 Å². The molecule has 1 aliphatic rings. The van der Waals surface area contributed by atoms with Crippen molar-refractivity contribution in [2.24, 2.45) is 0 Å². The maximum atomic E-state index is 5.29. The van der Waals surface area contributed by atoms with Crippen molar-refractivity contribution < 1.29 is 0 Å². The zero-order valence-electron chi connectivity index (χ0n) is 10.4. The Morgan fingerprint density at radius 3 is 2.69 bits per heavy atom. The predicted molar refractivity (Wildman–Crippen MR) is 78.2 cm³/mol. The minimum atomic E-state index is 0.617.